The molecule has 0 aromatic heterocycles. The summed E-state index contributed by atoms with van der Waals surface area (Å²) in [6.45, 7) is 1.25. The molecule has 4 rings (SSSR count). The first-order valence-corrected chi connectivity index (χ1v) is 9.96. The molecule has 0 bridgehead atoms. The summed E-state index contributed by atoms with van der Waals surface area (Å²) in [6.07, 6.45) is 1.31. The third kappa shape index (κ3) is 4.54. The lowest BCUT2D eigenvalue weighted by Crippen LogP contribution is -2.50. The summed E-state index contributed by atoms with van der Waals surface area (Å²) in [7, 11) is 0. The Bertz CT molecular complexity index is 986. The van der Waals surface area contributed by atoms with E-state index in [0.717, 1.165) is 12.0 Å². The fourth-order valence-corrected chi connectivity index (χ4v) is 3.79. The molecule has 1 aliphatic rings. The Morgan fingerprint density at radius 1 is 0.828 bits per heavy atom. The number of benzene rings is 3. The molecule has 0 saturated heterocycles. The zero-order valence-corrected chi connectivity index (χ0v) is 16.3. The summed E-state index contributed by atoms with van der Waals surface area (Å²) in [5.41, 5.74) is 4.06. The van der Waals surface area contributed by atoms with E-state index in [1.165, 1.54) is 11.1 Å². The summed E-state index contributed by atoms with van der Waals surface area (Å²) in [5.74, 6) is -0.259. The van der Waals surface area contributed by atoms with Crippen LogP contribution in [0.25, 0.3) is 0 Å². The van der Waals surface area contributed by atoms with Crippen LogP contribution in [-0.2, 0) is 24.2 Å². The summed E-state index contributed by atoms with van der Waals surface area (Å²) in [4.78, 5) is 28.0. The molecule has 3 aromatic rings. The zero-order valence-electron chi connectivity index (χ0n) is 16.3. The Morgan fingerprint density at radius 3 is 2.17 bits per heavy atom. The first kappa shape index (κ1) is 18.9. The molecule has 1 heterocycles. The Balaban J connectivity index is 1.54. The lowest BCUT2D eigenvalue weighted by atomic mass is 9.98. The van der Waals surface area contributed by atoms with Crippen LogP contribution in [0.15, 0.2) is 84.9 Å². The lowest BCUT2D eigenvalue weighted by Gasteiger charge is -2.32. The van der Waals surface area contributed by atoms with Crippen LogP contribution in [0.5, 0.6) is 0 Å². The molecule has 2 amide bonds. The van der Waals surface area contributed by atoms with Gasteiger partial charge in [-0.2, -0.15) is 0 Å². The van der Waals surface area contributed by atoms with Gasteiger partial charge in [0.15, 0.2) is 0 Å². The van der Waals surface area contributed by atoms with Crippen LogP contribution in [0.2, 0.25) is 0 Å². The molecule has 146 valence electrons. The molecule has 1 N–H and O–H groups in total. The number of nitrogens with one attached hydrogen (secondary N) is 1. The van der Waals surface area contributed by atoms with E-state index in [-0.39, 0.29) is 11.8 Å². The van der Waals surface area contributed by atoms with Gasteiger partial charge in [-0.1, -0.05) is 72.8 Å². The number of hydrogen-bond donors (Lipinski definition) is 1. The van der Waals surface area contributed by atoms with Crippen LogP contribution in [0.3, 0.4) is 0 Å². The van der Waals surface area contributed by atoms with E-state index in [4.69, 9.17) is 0 Å². The van der Waals surface area contributed by atoms with E-state index in [1.54, 1.807) is 12.1 Å². The number of amides is 2. The standard InChI is InChI=1S/C25H24N2O2/c28-24(21-12-5-2-6-13-21)26-23(17-19-9-3-1-4-10-19)25(29)27-16-15-20-11-7-8-14-22(20)18-27/h1-14,23H,15-18H2,(H,26,28)/t23-/m0/s1. The monoisotopic (exact) mass is 384 g/mol. The van der Waals surface area contributed by atoms with Crippen molar-refractivity contribution in [3.63, 3.8) is 0 Å². The summed E-state index contributed by atoms with van der Waals surface area (Å²) < 4.78 is 0. The van der Waals surface area contributed by atoms with Gasteiger partial charge in [-0.3, -0.25) is 9.59 Å². The SMILES string of the molecule is O=C(N[C@@H](Cc1ccccc1)C(=O)N1CCc2ccccc2C1)c1ccccc1. The number of carbonyl (C=O) groups is 2. The van der Waals surface area contributed by atoms with Crippen molar-refractivity contribution in [1.82, 2.24) is 10.2 Å². The highest BCUT2D eigenvalue weighted by Crippen LogP contribution is 2.20. The van der Waals surface area contributed by atoms with Crippen LogP contribution in [-0.4, -0.2) is 29.3 Å². The minimum absolute atomic E-state index is 0.0346. The quantitative estimate of drug-likeness (QED) is 0.731. The first-order chi connectivity index (χ1) is 14.2. The van der Waals surface area contributed by atoms with Gasteiger partial charge >= 0.3 is 0 Å². The Kier molecular flexibility index (Phi) is 5.71. The molecule has 0 unspecified atom stereocenters. The van der Waals surface area contributed by atoms with Crippen molar-refractivity contribution in [1.29, 1.82) is 0 Å². The van der Waals surface area contributed by atoms with Crippen molar-refractivity contribution >= 4 is 11.8 Å². The molecule has 0 radical (unpaired) electrons. The van der Waals surface area contributed by atoms with E-state index >= 15 is 0 Å². The van der Waals surface area contributed by atoms with Crippen molar-refractivity contribution in [2.75, 3.05) is 6.54 Å². The summed E-state index contributed by atoms with van der Waals surface area (Å²) >= 11 is 0. The molecule has 0 saturated carbocycles. The summed E-state index contributed by atoms with van der Waals surface area (Å²) in [5, 5.41) is 2.97. The van der Waals surface area contributed by atoms with Gasteiger partial charge in [0.25, 0.3) is 5.91 Å². The molecule has 3 aromatic carbocycles. The van der Waals surface area contributed by atoms with Crippen molar-refractivity contribution in [3.05, 3.63) is 107 Å². The topological polar surface area (TPSA) is 49.4 Å². The maximum atomic E-state index is 13.4. The van der Waals surface area contributed by atoms with Crippen LogP contribution >= 0.6 is 0 Å². The highest BCUT2D eigenvalue weighted by atomic mass is 16.2. The van der Waals surface area contributed by atoms with E-state index < -0.39 is 6.04 Å². The molecule has 1 atom stereocenters. The number of rotatable bonds is 5. The normalized spacial score (nSPS) is 14.0. The number of nitrogens with zero attached hydrogens (tertiary/aromatic N) is 1. The average molecular weight is 384 g/mol. The second-order valence-electron chi connectivity index (χ2n) is 7.36. The van der Waals surface area contributed by atoms with Crippen molar-refractivity contribution < 1.29 is 9.59 Å². The van der Waals surface area contributed by atoms with Crippen molar-refractivity contribution in [3.8, 4) is 0 Å². The smallest absolute Gasteiger partial charge is 0.251 e. The molecule has 0 aliphatic carbocycles. The second-order valence-corrected chi connectivity index (χ2v) is 7.36. The predicted molar refractivity (Wildman–Crippen MR) is 113 cm³/mol. The summed E-state index contributed by atoms with van der Waals surface area (Å²) in [6, 6.07) is 26.5. The first-order valence-electron chi connectivity index (χ1n) is 9.96. The maximum absolute atomic E-state index is 13.4. The highest BCUT2D eigenvalue weighted by Gasteiger charge is 2.29. The van der Waals surface area contributed by atoms with E-state index in [0.29, 0.717) is 25.1 Å². The van der Waals surface area contributed by atoms with Crippen LogP contribution in [0, 0.1) is 0 Å². The van der Waals surface area contributed by atoms with Crippen molar-refractivity contribution in [2.45, 2.75) is 25.4 Å². The third-order valence-electron chi connectivity index (χ3n) is 5.36. The minimum atomic E-state index is -0.602. The average Bonchev–Trinajstić information content (AvgIpc) is 2.79. The molecule has 4 heteroatoms. The molecular weight excluding hydrogens is 360 g/mol. The highest BCUT2D eigenvalue weighted by molar-refractivity contribution is 5.97. The molecule has 0 fully saturated rings. The van der Waals surface area contributed by atoms with Crippen molar-refractivity contribution in [2.24, 2.45) is 0 Å². The Hall–Kier alpha value is -3.40. The maximum Gasteiger partial charge on any atom is 0.251 e. The number of hydrogen-bond acceptors (Lipinski definition) is 2. The third-order valence-corrected chi connectivity index (χ3v) is 5.36. The van der Waals surface area contributed by atoms with Gasteiger partial charge in [0, 0.05) is 25.1 Å². The van der Waals surface area contributed by atoms with E-state index in [2.05, 4.69) is 17.4 Å². The molecular formula is C25H24N2O2. The minimum Gasteiger partial charge on any atom is -0.340 e. The van der Waals surface area contributed by atoms with Gasteiger partial charge in [-0.15, -0.1) is 0 Å². The second kappa shape index (κ2) is 8.74. The van der Waals surface area contributed by atoms with Crippen LogP contribution in [0.1, 0.15) is 27.0 Å². The van der Waals surface area contributed by atoms with E-state index in [9.17, 15) is 9.59 Å². The lowest BCUT2D eigenvalue weighted by molar-refractivity contribution is -0.134. The van der Waals surface area contributed by atoms with Gasteiger partial charge in [0.2, 0.25) is 5.91 Å². The van der Waals surface area contributed by atoms with Gasteiger partial charge in [0.1, 0.15) is 6.04 Å². The number of carbonyl (C=O) groups excluding carboxylic acids is 2. The largest absolute Gasteiger partial charge is 0.340 e. The zero-order chi connectivity index (χ0) is 20.1. The predicted octanol–water partition coefficient (Wildman–Crippen LogP) is 3.61. The fourth-order valence-electron chi connectivity index (χ4n) is 3.79. The molecule has 4 nitrogen and oxygen atoms in total. The number of fused-ring (bicyclic) bond motifs is 1. The van der Waals surface area contributed by atoms with Gasteiger partial charge in [-0.05, 0) is 35.2 Å². The van der Waals surface area contributed by atoms with E-state index in [1.807, 2.05) is 65.6 Å². The van der Waals surface area contributed by atoms with Crippen LogP contribution in [0.4, 0.5) is 0 Å². The Morgan fingerprint density at radius 2 is 1.45 bits per heavy atom. The fraction of sp³-hybridized carbons (Fsp3) is 0.200. The van der Waals surface area contributed by atoms with Gasteiger partial charge < -0.3 is 10.2 Å². The molecule has 1 aliphatic heterocycles. The van der Waals surface area contributed by atoms with Crippen LogP contribution < -0.4 is 5.32 Å². The van der Waals surface area contributed by atoms with Gasteiger partial charge in [0.05, 0.1) is 0 Å². The molecule has 0 spiro atoms. The Labute approximate surface area is 171 Å². The molecule has 29 heavy (non-hydrogen) atoms. The van der Waals surface area contributed by atoms with Gasteiger partial charge in [-0.25, -0.2) is 0 Å².